The molecule has 1 N–H and O–H groups in total. The lowest BCUT2D eigenvalue weighted by Gasteiger charge is -2.15. The van der Waals surface area contributed by atoms with Crippen molar-refractivity contribution < 1.29 is 23.1 Å². The number of aromatic hydroxyl groups is 1. The van der Waals surface area contributed by atoms with E-state index in [1.807, 2.05) is 0 Å². The number of aromatic nitrogens is 2. The summed E-state index contributed by atoms with van der Waals surface area (Å²) in [5.41, 5.74) is 1.97. The summed E-state index contributed by atoms with van der Waals surface area (Å²) < 4.78 is 31.3. The summed E-state index contributed by atoms with van der Waals surface area (Å²) in [6, 6.07) is 9.85. The number of methoxy groups -OCH3 is 1. The van der Waals surface area contributed by atoms with Crippen LogP contribution >= 0.6 is 0 Å². The van der Waals surface area contributed by atoms with Crippen LogP contribution in [0.15, 0.2) is 47.5 Å². The minimum atomic E-state index is -3.54. The second kappa shape index (κ2) is 7.71. The summed E-state index contributed by atoms with van der Waals surface area (Å²) in [4.78, 5) is 13.2. The molecule has 0 aliphatic rings. The normalized spacial score (nSPS) is 11.4. The third-order valence-corrected chi connectivity index (χ3v) is 5.94. The van der Waals surface area contributed by atoms with Gasteiger partial charge in [-0.15, -0.1) is 0 Å². The first kappa shape index (κ1) is 20.6. The SMILES string of the molecule is CCn1ncc(C(=O)c2ccc(S(C)(=O)=O)c(-c3ccc(OC)cc3)c2C)c1O. The Morgan fingerprint density at radius 3 is 2.31 bits per heavy atom. The highest BCUT2D eigenvalue weighted by molar-refractivity contribution is 7.90. The van der Waals surface area contributed by atoms with E-state index in [2.05, 4.69) is 5.10 Å². The van der Waals surface area contributed by atoms with E-state index >= 15 is 0 Å². The molecule has 0 saturated heterocycles. The Balaban J connectivity index is 2.23. The van der Waals surface area contributed by atoms with Crippen molar-refractivity contribution in [3.63, 3.8) is 0 Å². The number of aryl methyl sites for hydroxylation is 1. The first-order valence-electron chi connectivity index (χ1n) is 8.96. The zero-order chi connectivity index (χ0) is 21.3. The van der Waals surface area contributed by atoms with Crippen molar-refractivity contribution in [2.75, 3.05) is 13.4 Å². The van der Waals surface area contributed by atoms with Gasteiger partial charge in [0, 0.05) is 23.9 Å². The fourth-order valence-corrected chi connectivity index (χ4v) is 4.23. The van der Waals surface area contributed by atoms with Gasteiger partial charge in [0.15, 0.2) is 15.6 Å². The van der Waals surface area contributed by atoms with Crippen LogP contribution in [0.5, 0.6) is 11.6 Å². The quantitative estimate of drug-likeness (QED) is 0.622. The van der Waals surface area contributed by atoms with E-state index in [0.717, 1.165) is 6.26 Å². The summed E-state index contributed by atoms with van der Waals surface area (Å²) >= 11 is 0. The molecule has 0 amide bonds. The highest BCUT2D eigenvalue weighted by Gasteiger charge is 2.25. The highest BCUT2D eigenvalue weighted by atomic mass is 32.2. The Morgan fingerprint density at radius 2 is 1.79 bits per heavy atom. The van der Waals surface area contributed by atoms with Gasteiger partial charge in [-0.1, -0.05) is 12.1 Å². The van der Waals surface area contributed by atoms with Gasteiger partial charge in [0.25, 0.3) is 0 Å². The van der Waals surface area contributed by atoms with Crippen LogP contribution in [0, 0.1) is 6.92 Å². The van der Waals surface area contributed by atoms with Crippen molar-refractivity contribution in [2.45, 2.75) is 25.3 Å². The van der Waals surface area contributed by atoms with Crippen LogP contribution in [0.3, 0.4) is 0 Å². The average molecular weight is 414 g/mol. The second-order valence-electron chi connectivity index (χ2n) is 6.64. The maximum atomic E-state index is 13.1. The van der Waals surface area contributed by atoms with Crippen molar-refractivity contribution in [1.82, 2.24) is 9.78 Å². The molecular weight excluding hydrogens is 392 g/mol. The molecule has 1 aromatic heterocycles. The maximum absolute atomic E-state index is 13.1. The molecule has 0 atom stereocenters. The molecule has 152 valence electrons. The van der Waals surface area contributed by atoms with Crippen LogP contribution in [0.4, 0.5) is 0 Å². The summed E-state index contributed by atoms with van der Waals surface area (Å²) in [5, 5.41) is 14.3. The molecule has 0 unspecified atom stereocenters. The molecule has 0 radical (unpaired) electrons. The number of hydrogen-bond acceptors (Lipinski definition) is 6. The molecule has 29 heavy (non-hydrogen) atoms. The zero-order valence-electron chi connectivity index (χ0n) is 16.6. The van der Waals surface area contributed by atoms with Gasteiger partial charge in [-0.25, -0.2) is 13.1 Å². The third kappa shape index (κ3) is 3.75. The van der Waals surface area contributed by atoms with Gasteiger partial charge in [-0.3, -0.25) is 4.79 Å². The predicted molar refractivity (Wildman–Crippen MR) is 109 cm³/mol. The molecule has 8 heteroatoms. The maximum Gasteiger partial charge on any atom is 0.220 e. The summed E-state index contributed by atoms with van der Waals surface area (Å²) in [6.45, 7) is 3.92. The first-order valence-corrected chi connectivity index (χ1v) is 10.9. The lowest BCUT2D eigenvalue weighted by Crippen LogP contribution is -2.09. The number of rotatable bonds is 6. The largest absolute Gasteiger partial charge is 0.497 e. The molecule has 0 saturated carbocycles. The predicted octanol–water partition coefficient (Wildman–Crippen LogP) is 3.23. The van der Waals surface area contributed by atoms with Crippen LogP contribution in [-0.4, -0.2) is 42.5 Å². The number of nitrogens with zero attached hydrogens (tertiary/aromatic N) is 2. The second-order valence-corrected chi connectivity index (χ2v) is 8.62. The summed E-state index contributed by atoms with van der Waals surface area (Å²) in [5.74, 6) is 0.000964. The van der Waals surface area contributed by atoms with Gasteiger partial charge in [0.1, 0.15) is 11.3 Å². The molecule has 3 aromatic rings. The van der Waals surface area contributed by atoms with Crippen LogP contribution in [0.2, 0.25) is 0 Å². The molecule has 0 bridgehead atoms. The Hall–Kier alpha value is -3.13. The van der Waals surface area contributed by atoms with Gasteiger partial charge in [-0.05, 0) is 49.2 Å². The monoisotopic (exact) mass is 414 g/mol. The topological polar surface area (TPSA) is 98.5 Å². The Bertz CT molecular complexity index is 1180. The fourth-order valence-electron chi connectivity index (χ4n) is 3.27. The minimum Gasteiger partial charge on any atom is -0.497 e. The molecule has 0 aliphatic heterocycles. The van der Waals surface area contributed by atoms with Crippen molar-refractivity contribution in [2.24, 2.45) is 0 Å². The summed E-state index contributed by atoms with van der Waals surface area (Å²) in [6.07, 6.45) is 2.45. The molecule has 2 aromatic carbocycles. The molecule has 7 nitrogen and oxygen atoms in total. The van der Waals surface area contributed by atoms with Gasteiger partial charge in [0.05, 0.1) is 18.2 Å². The molecule has 0 spiro atoms. The van der Waals surface area contributed by atoms with Gasteiger partial charge >= 0.3 is 0 Å². The fraction of sp³-hybridized carbons (Fsp3) is 0.238. The molecule has 0 aliphatic carbocycles. The Morgan fingerprint density at radius 1 is 1.14 bits per heavy atom. The van der Waals surface area contributed by atoms with E-state index in [9.17, 15) is 18.3 Å². The lowest BCUT2D eigenvalue weighted by atomic mass is 9.93. The van der Waals surface area contributed by atoms with E-state index in [0.29, 0.717) is 34.5 Å². The van der Waals surface area contributed by atoms with Gasteiger partial charge in [0.2, 0.25) is 5.88 Å². The van der Waals surface area contributed by atoms with Crippen LogP contribution < -0.4 is 4.74 Å². The third-order valence-electron chi connectivity index (χ3n) is 4.81. The van der Waals surface area contributed by atoms with E-state index in [-0.39, 0.29) is 16.3 Å². The van der Waals surface area contributed by atoms with Crippen molar-refractivity contribution in [3.05, 3.63) is 59.3 Å². The first-order chi connectivity index (χ1) is 13.7. The number of benzene rings is 2. The Kier molecular flexibility index (Phi) is 5.48. The number of hydrogen-bond donors (Lipinski definition) is 1. The lowest BCUT2D eigenvalue weighted by molar-refractivity contribution is 0.103. The average Bonchev–Trinajstić information content (AvgIpc) is 3.07. The van der Waals surface area contributed by atoms with Crippen LogP contribution in [-0.2, 0) is 16.4 Å². The molecule has 3 rings (SSSR count). The van der Waals surface area contributed by atoms with E-state index < -0.39 is 15.6 Å². The Labute approximate surface area is 169 Å². The van der Waals surface area contributed by atoms with Crippen LogP contribution in [0.25, 0.3) is 11.1 Å². The highest BCUT2D eigenvalue weighted by Crippen LogP contribution is 2.35. The van der Waals surface area contributed by atoms with Gasteiger partial charge in [-0.2, -0.15) is 5.10 Å². The minimum absolute atomic E-state index is 0.0720. The number of carbonyl (C=O) groups is 1. The van der Waals surface area contributed by atoms with E-state index in [4.69, 9.17) is 4.74 Å². The van der Waals surface area contributed by atoms with Crippen LogP contribution in [0.1, 0.15) is 28.4 Å². The van der Waals surface area contributed by atoms with Crippen molar-refractivity contribution in [1.29, 1.82) is 0 Å². The number of ether oxygens (including phenoxy) is 1. The van der Waals surface area contributed by atoms with E-state index in [1.54, 1.807) is 45.2 Å². The van der Waals surface area contributed by atoms with Gasteiger partial charge < -0.3 is 9.84 Å². The molecule has 0 fully saturated rings. The van der Waals surface area contributed by atoms with Crippen molar-refractivity contribution >= 4 is 15.6 Å². The smallest absolute Gasteiger partial charge is 0.220 e. The van der Waals surface area contributed by atoms with Crippen molar-refractivity contribution in [3.8, 4) is 22.8 Å². The number of ketones is 1. The number of sulfone groups is 1. The zero-order valence-corrected chi connectivity index (χ0v) is 17.4. The molecule has 1 heterocycles. The van der Waals surface area contributed by atoms with E-state index in [1.165, 1.54) is 23.0 Å². The standard InChI is InChI=1S/C21H22N2O5S/c1-5-23-21(25)17(12-22-23)20(24)16-10-11-18(29(4,26)27)19(13(16)2)14-6-8-15(28-3)9-7-14/h6-12,25H,5H2,1-4H3. The number of carbonyl (C=O) groups excluding carboxylic acids is 1. The molecular formula is C21H22N2O5S. The summed E-state index contributed by atoms with van der Waals surface area (Å²) in [7, 11) is -2.00.